The van der Waals surface area contributed by atoms with Gasteiger partial charge in [0, 0.05) is 16.3 Å². The fraction of sp³-hybridized carbons (Fsp3) is 0.222. The number of nitrogens with one attached hydrogen (secondary N) is 1. The number of halogens is 1. The van der Waals surface area contributed by atoms with E-state index in [2.05, 4.69) is 5.32 Å². The number of hydrogen-bond donors (Lipinski definition) is 2. The van der Waals surface area contributed by atoms with Gasteiger partial charge in [-0.1, -0.05) is 0 Å². The minimum atomic E-state index is -3.81. The third kappa shape index (κ3) is 6.95. The van der Waals surface area contributed by atoms with Crippen LogP contribution in [0.25, 0.3) is 0 Å². The summed E-state index contributed by atoms with van der Waals surface area (Å²) in [6.45, 7) is 1.43. The molecule has 0 saturated heterocycles. The Labute approximate surface area is 166 Å². The van der Waals surface area contributed by atoms with Gasteiger partial charge in [-0.25, -0.2) is 17.9 Å². The molecule has 2 rings (SSSR count). The topological polar surface area (TPSA) is 116 Å². The molecule has 0 heterocycles. The van der Waals surface area contributed by atoms with Gasteiger partial charge in [0.05, 0.1) is 11.3 Å². The number of nitrogens with two attached hydrogens (primary N) is 1. The first-order valence-corrected chi connectivity index (χ1v) is 10.7. The maximum atomic E-state index is 12.8. The lowest BCUT2D eigenvalue weighted by molar-refractivity contribution is -0.152. The molecule has 1 amide bonds. The van der Waals surface area contributed by atoms with Gasteiger partial charge in [0.1, 0.15) is 5.82 Å². The van der Waals surface area contributed by atoms with Crippen molar-refractivity contribution in [3.8, 4) is 0 Å². The predicted octanol–water partition coefficient (Wildman–Crippen LogP) is 2.53. The molecule has 0 aliphatic carbocycles. The molecular formula is C18H19FN2O5S2. The van der Waals surface area contributed by atoms with Crippen LogP contribution in [-0.4, -0.2) is 32.2 Å². The van der Waals surface area contributed by atoms with Crippen molar-refractivity contribution in [2.45, 2.75) is 29.2 Å². The fourth-order valence-electron chi connectivity index (χ4n) is 2.06. The van der Waals surface area contributed by atoms with Gasteiger partial charge in [0.2, 0.25) is 10.0 Å². The minimum Gasteiger partial charge on any atom is -0.453 e. The van der Waals surface area contributed by atoms with Crippen LogP contribution in [-0.2, 0) is 24.3 Å². The Bertz CT molecular complexity index is 931. The molecular weight excluding hydrogens is 407 g/mol. The molecule has 0 aliphatic heterocycles. The number of rotatable bonds is 8. The molecule has 3 N–H and O–H groups in total. The third-order valence-electron chi connectivity index (χ3n) is 3.52. The Morgan fingerprint density at radius 3 is 2.32 bits per heavy atom. The van der Waals surface area contributed by atoms with Crippen LogP contribution < -0.4 is 10.5 Å². The third-order valence-corrected chi connectivity index (χ3v) is 5.46. The summed E-state index contributed by atoms with van der Waals surface area (Å²) in [5.74, 6) is -0.999. The molecule has 0 saturated carbocycles. The highest BCUT2D eigenvalue weighted by Crippen LogP contribution is 2.19. The normalized spacial score (nSPS) is 12.2. The van der Waals surface area contributed by atoms with Crippen LogP contribution in [0.1, 0.15) is 13.3 Å². The predicted molar refractivity (Wildman–Crippen MR) is 104 cm³/mol. The van der Waals surface area contributed by atoms with Crippen LogP contribution >= 0.6 is 11.8 Å². The van der Waals surface area contributed by atoms with Gasteiger partial charge < -0.3 is 10.1 Å². The number of benzene rings is 2. The van der Waals surface area contributed by atoms with Gasteiger partial charge in [0.25, 0.3) is 5.91 Å². The van der Waals surface area contributed by atoms with Crippen molar-refractivity contribution in [1.29, 1.82) is 0 Å². The van der Waals surface area contributed by atoms with Gasteiger partial charge >= 0.3 is 5.97 Å². The number of anilines is 1. The molecule has 1 unspecified atom stereocenters. The SMILES string of the molecule is CC(OC(=O)CCSc1ccc(F)cc1)C(=O)Nc1ccc(S(N)(=O)=O)cc1. The molecule has 2 aromatic rings. The van der Waals surface area contributed by atoms with Crippen molar-refractivity contribution in [3.05, 3.63) is 54.3 Å². The summed E-state index contributed by atoms with van der Waals surface area (Å²) in [7, 11) is -3.81. The van der Waals surface area contributed by atoms with Gasteiger partial charge in [0.15, 0.2) is 6.10 Å². The fourth-order valence-corrected chi connectivity index (χ4v) is 3.41. The first-order valence-electron chi connectivity index (χ1n) is 8.17. The average molecular weight is 426 g/mol. The van der Waals surface area contributed by atoms with Gasteiger partial charge in [-0.05, 0) is 55.5 Å². The number of carbonyl (C=O) groups excluding carboxylic acids is 2. The number of hydrogen-bond acceptors (Lipinski definition) is 6. The molecule has 150 valence electrons. The lowest BCUT2D eigenvalue weighted by atomic mass is 10.3. The maximum absolute atomic E-state index is 12.8. The second-order valence-electron chi connectivity index (χ2n) is 5.74. The first-order chi connectivity index (χ1) is 13.1. The van der Waals surface area contributed by atoms with E-state index in [0.29, 0.717) is 11.4 Å². The number of thioether (sulfide) groups is 1. The van der Waals surface area contributed by atoms with E-state index in [1.807, 2.05) is 0 Å². The number of amides is 1. The summed E-state index contributed by atoms with van der Waals surface area (Å²) >= 11 is 1.37. The van der Waals surface area contributed by atoms with Crippen LogP contribution in [0.3, 0.4) is 0 Å². The zero-order valence-electron chi connectivity index (χ0n) is 14.9. The molecule has 1 atom stereocenters. The molecule has 7 nitrogen and oxygen atoms in total. The summed E-state index contributed by atoms with van der Waals surface area (Å²) in [6, 6.07) is 11.2. The van der Waals surface area contributed by atoms with Crippen molar-refractivity contribution in [2.24, 2.45) is 5.14 Å². The van der Waals surface area contributed by atoms with Crippen LogP contribution in [0.5, 0.6) is 0 Å². The van der Waals surface area contributed by atoms with E-state index < -0.39 is 28.0 Å². The highest BCUT2D eigenvalue weighted by Gasteiger charge is 2.18. The molecule has 28 heavy (non-hydrogen) atoms. The summed E-state index contributed by atoms with van der Waals surface area (Å²) in [6.07, 6.45) is -0.941. The van der Waals surface area contributed by atoms with Crippen molar-refractivity contribution < 1.29 is 27.1 Å². The molecule has 0 fully saturated rings. The summed E-state index contributed by atoms with van der Waals surface area (Å²) < 4.78 is 40.3. The molecule has 0 aromatic heterocycles. The van der Waals surface area contributed by atoms with Gasteiger partial charge in [-0.3, -0.25) is 9.59 Å². The van der Waals surface area contributed by atoms with Crippen molar-refractivity contribution >= 4 is 39.3 Å². The quantitative estimate of drug-likeness (QED) is 0.495. The van der Waals surface area contributed by atoms with E-state index in [-0.39, 0.29) is 17.1 Å². The first kappa shape index (κ1) is 21.9. The number of sulfonamides is 1. The lowest BCUT2D eigenvalue weighted by Crippen LogP contribution is -2.30. The average Bonchev–Trinajstić information content (AvgIpc) is 2.63. The zero-order valence-corrected chi connectivity index (χ0v) is 16.6. The monoisotopic (exact) mass is 426 g/mol. The Morgan fingerprint density at radius 1 is 1.14 bits per heavy atom. The summed E-state index contributed by atoms with van der Waals surface area (Å²) in [4.78, 5) is 24.7. The Kier molecular flexibility index (Phi) is 7.55. The second kappa shape index (κ2) is 9.67. The molecule has 0 spiro atoms. The lowest BCUT2D eigenvalue weighted by Gasteiger charge is -2.13. The van der Waals surface area contributed by atoms with Crippen molar-refractivity contribution in [1.82, 2.24) is 0 Å². The Morgan fingerprint density at radius 2 is 1.75 bits per heavy atom. The number of primary sulfonamides is 1. The zero-order chi connectivity index (χ0) is 20.7. The minimum absolute atomic E-state index is 0.0800. The van der Waals surface area contributed by atoms with Gasteiger partial charge in [-0.15, -0.1) is 11.8 Å². The van der Waals surface area contributed by atoms with E-state index in [4.69, 9.17) is 9.88 Å². The van der Waals surface area contributed by atoms with E-state index in [0.717, 1.165) is 4.90 Å². The highest BCUT2D eigenvalue weighted by atomic mass is 32.2. The van der Waals surface area contributed by atoms with Crippen LogP contribution in [0, 0.1) is 5.82 Å². The van der Waals surface area contributed by atoms with Crippen molar-refractivity contribution in [2.75, 3.05) is 11.1 Å². The Balaban J connectivity index is 1.77. The molecule has 2 aromatic carbocycles. The van der Waals surface area contributed by atoms with Crippen LogP contribution in [0.15, 0.2) is 58.3 Å². The van der Waals surface area contributed by atoms with Crippen LogP contribution in [0.2, 0.25) is 0 Å². The van der Waals surface area contributed by atoms with E-state index in [1.54, 1.807) is 12.1 Å². The second-order valence-corrected chi connectivity index (χ2v) is 8.47. The molecule has 0 bridgehead atoms. The van der Waals surface area contributed by atoms with E-state index >= 15 is 0 Å². The summed E-state index contributed by atoms with van der Waals surface area (Å²) in [5, 5.41) is 7.52. The van der Waals surface area contributed by atoms with Gasteiger partial charge in [-0.2, -0.15) is 0 Å². The summed E-state index contributed by atoms with van der Waals surface area (Å²) in [5.41, 5.74) is 0.340. The standard InChI is InChI=1S/C18H19FN2O5S2/c1-12(18(23)21-14-4-8-16(9-5-14)28(20,24)25)26-17(22)10-11-27-15-6-2-13(19)3-7-15/h2-9,12H,10-11H2,1H3,(H,21,23)(H2,20,24,25). The maximum Gasteiger partial charge on any atom is 0.307 e. The Hall–Kier alpha value is -2.43. The number of carbonyl (C=O) groups is 2. The molecule has 10 heteroatoms. The number of esters is 1. The van der Waals surface area contributed by atoms with Crippen LogP contribution in [0.4, 0.5) is 10.1 Å². The highest BCUT2D eigenvalue weighted by molar-refractivity contribution is 7.99. The molecule has 0 aliphatic rings. The largest absolute Gasteiger partial charge is 0.453 e. The van der Waals surface area contributed by atoms with Crippen molar-refractivity contribution in [3.63, 3.8) is 0 Å². The van der Waals surface area contributed by atoms with E-state index in [1.165, 1.54) is 55.1 Å². The molecule has 0 radical (unpaired) electrons. The van der Waals surface area contributed by atoms with E-state index in [9.17, 15) is 22.4 Å². The number of ether oxygens (including phenoxy) is 1. The smallest absolute Gasteiger partial charge is 0.307 e.